The van der Waals surface area contributed by atoms with Crippen LogP contribution < -0.4 is 0 Å². The zero-order chi connectivity index (χ0) is 15.8. The minimum absolute atomic E-state index is 0.0694. The molecule has 0 unspecified atom stereocenters. The molecule has 0 aliphatic heterocycles. The fourth-order valence-corrected chi connectivity index (χ4v) is 2.23. The monoisotopic (exact) mass is 304 g/mol. The summed E-state index contributed by atoms with van der Waals surface area (Å²) in [6.45, 7) is 5.48. The molecule has 7 heteroatoms. The first kappa shape index (κ1) is 15.0. The van der Waals surface area contributed by atoms with Gasteiger partial charge < -0.3 is 0 Å². The number of hydrogen-bond donors (Lipinski definition) is 0. The van der Waals surface area contributed by atoms with E-state index in [0.717, 1.165) is 0 Å². The van der Waals surface area contributed by atoms with Crippen molar-refractivity contribution in [2.24, 2.45) is 0 Å². The van der Waals surface area contributed by atoms with Gasteiger partial charge in [0, 0.05) is 5.41 Å². The fraction of sp³-hybridized carbons (Fsp3) is 0.286. The quantitative estimate of drug-likeness (QED) is 0.626. The Bertz CT molecular complexity index is 753. The molecule has 0 spiro atoms. The summed E-state index contributed by atoms with van der Waals surface area (Å²) >= 11 is 6.14. The Kier molecular flexibility index (Phi) is 3.71. The summed E-state index contributed by atoms with van der Waals surface area (Å²) in [5.74, 6) is 0. The van der Waals surface area contributed by atoms with E-state index in [-0.39, 0.29) is 10.8 Å². The van der Waals surface area contributed by atoms with Crippen LogP contribution in [0.2, 0.25) is 5.15 Å². The molecule has 0 fully saturated rings. The van der Waals surface area contributed by atoms with Crippen molar-refractivity contribution in [1.82, 2.24) is 9.78 Å². The molecule has 2 rings (SSSR count). The van der Waals surface area contributed by atoms with E-state index < -0.39 is 10.3 Å². The second kappa shape index (κ2) is 5.19. The molecular formula is C14H13ClN4O2. The van der Waals surface area contributed by atoms with Crippen molar-refractivity contribution in [3.63, 3.8) is 0 Å². The van der Waals surface area contributed by atoms with Crippen molar-refractivity contribution >= 4 is 17.3 Å². The van der Waals surface area contributed by atoms with Gasteiger partial charge in [-0.15, -0.1) is 0 Å². The van der Waals surface area contributed by atoms with Gasteiger partial charge >= 0.3 is 5.69 Å². The van der Waals surface area contributed by atoms with Crippen LogP contribution in [0, 0.1) is 21.4 Å². The third-order valence-corrected chi connectivity index (χ3v) is 3.26. The number of nitriles is 1. The normalized spacial score (nSPS) is 11.2. The van der Waals surface area contributed by atoms with Gasteiger partial charge in [0.25, 0.3) is 0 Å². The van der Waals surface area contributed by atoms with Gasteiger partial charge in [0.05, 0.1) is 22.2 Å². The van der Waals surface area contributed by atoms with Crippen LogP contribution in [0.15, 0.2) is 24.3 Å². The van der Waals surface area contributed by atoms with Gasteiger partial charge in [0.2, 0.25) is 5.15 Å². The molecule has 108 valence electrons. The molecule has 0 saturated heterocycles. The molecule has 1 heterocycles. The summed E-state index contributed by atoms with van der Waals surface area (Å²) in [5.41, 5.74) is 0.521. The van der Waals surface area contributed by atoms with E-state index in [9.17, 15) is 10.1 Å². The smallest absolute Gasteiger partial charge is 0.258 e. The Morgan fingerprint density at radius 3 is 2.57 bits per heavy atom. The van der Waals surface area contributed by atoms with Gasteiger partial charge in [-0.1, -0.05) is 38.4 Å². The number of hydrogen-bond acceptors (Lipinski definition) is 4. The maximum Gasteiger partial charge on any atom is 0.330 e. The molecule has 0 aliphatic carbocycles. The van der Waals surface area contributed by atoms with Crippen LogP contribution in [0.25, 0.3) is 5.69 Å². The lowest BCUT2D eigenvalue weighted by atomic mass is 9.91. The number of nitro groups is 1. The van der Waals surface area contributed by atoms with Crippen molar-refractivity contribution in [3.05, 3.63) is 50.8 Å². The fourth-order valence-electron chi connectivity index (χ4n) is 1.93. The average molecular weight is 305 g/mol. The zero-order valence-corrected chi connectivity index (χ0v) is 12.5. The first-order valence-corrected chi connectivity index (χ1v) is 6.57. The van der Waals surface area contributed by atoms with E-state index in [4.69, 9.17) is 16.9 Å². The number of aromatic nitrogens is 2. The van der Waals surface area contributed by atoms with Gasteiger partial charge in [-0.2, -0.15) is 10.4 Å². The minimum atomic E-state index is -0.527. The predicted molar refractivity (Wildman–Crippen MR) is 78.6 cm³/mol. The summed E-state index contributed by atoms with van der Waals surface area (Å²) in [5, 5.41) is 24.4. The molecule has 0 aliphatic rings. The Morgan fingerprint density at radius 2 is 2.10 bits per heavy atom. The van der Waals surface area contributed by atoms with Gasteiger partial charge in [-0.3, -0.25) is 10.1 Å². The van der Waals surface area contributed by atoms with Crippen molar-refractivity contribution < 1.29 is 4.92 Å². The molecule has 0 amide bonds. The molecular weight excluding hydrogens is 292 g/mol. The van der Waals surface area contributed by atoms with E-state index >= 15 is 0 Å². The van der Waals surface area contributed by atoms with Crippen LogP contribution in [0.3, 0.4) is 0 Å². The average Bonchev–Trinajstić information content (AvgIpc) is 2.76. The molecule has 0 atom stereocenters. The van der Waals surface area contributed by atoms with E-state index in [0.29, 0.717) is 16.9 Å². The summed E-state index contributed by atoms with van der Waals surface area (Å²) in [4.78, 5) is 10.7. The highest BCUT2D eigenvalue weighted by Gasteiger charge is 2.34. The van der Waals surface area contributed by atoms with Crippen LogP contribution >= 0.6 is 11.6 Å². The molecule has 0 bridgehead atoms. The molecule has 0 saturated carbocycles. The number of benzene rings is 1. The van der Waals surface area contributed by atoms with E-state index in [1.165, 1.54) is 4.68 Å². The molecule has 6 nitrogen and oxygen atoms in total. The van der Waals surface area contributed by atoms with Gasteiger partial charge in [0.15, 0.2) is 0 Å². The Balaban J connectivity index is 2.71. The maximum atomic E-state index is 11.3. The third-order valence-electron chi connectivity index (χ3n) is 2.92. The first-order valence-electron chi connectivity index (χ1n) is 6.19. The standard InChI is InChI=1S/C14H13ClN4O2/c1-14(2,3)12-11(19(20)21)13(15)18(17-12)10-6-4-5-9(7-10)8-16/h4-7H,1-3H3. The van der Waals surface area contributed by atoms with E-state index in [1.54, 1.807) is 24.3 Å². The molecule has 0 N–H and O–H groups in total. The lowest BCUT2D eigenvalue weighted by Gasteiger charge is -2.13. The lowest BCUT2D eigenvalue weighted by molar-refractivity contribution is -0.385. The van der Waals surface area contributed by atoms with Crippen molar-refractivity contribution in [1.29, 1.82) is 5.26 Å². The molecule has 2 aromatic rings. The molecule has 21 heavy (non-hydrogen) atoms. The van der Waals surface area contributed by atoms with E-state index in [2.05, 4.69) is 5.10 Å². The Morgan fingerprint density at radius 1 is 1.43 bits per heavy atom. The number of halogens is 1. The Labute approximate surface area is 126 Å². The number of rotatable bonds is 2. The van der Waals surface area contributed by atoms with Gasteiger partial charge in [-0.25, -0.2) is 4.68 Å². The highest BCUT2D eigenvalue weighted by atomic mass is 35.5. The largest absolute Gasteiger partial charge is 0.330 e. The van der Waals surface area contributed by atoms with E-state index in [1.807, 2.05) is 26.8 Å². The summed E-state index contributed by atoms with van der Waals surface area (Å²) in [6.07, 6.45) is 0. The summed E-state index contributed by atoms with van der Waals surface area (Å²) in [7, 11) is 0. The predicted octanol–water partition coefficient (Wildman–Crippen LogP) is 3.60. The van der Waals surface area contributed by atoms with Crippen molar-refractivity contribution in [2.75, 3.05) is 0 Å². The minimum Gasteiger partial charge on any atom is -0.258 e. The summed E-state index contributed by atoms with van der Waals surface area (Å²) < 4.78 is 1.29. The first-order chi connectivity index (χ1) is 9.75. The second-order valence-electron chi connectivity index (χ2n) is 5.57. The molecule has 0 radical (unpaired) electrons. The van der Waals surface area contributed by atoms with Gasteiger partial charge in [0.1, 0.15) is 5.69 Å². The summed E-state index contributed by atoms with van der Waals surface area (Å²) in [6, 6.07) is 8.60. The highest BCUT2D eigenvalue weighted by Crippen LogP contribution is 2.37. The Hall–Kier alpha value is -2.39. The zero-order valence-electron chi connectivity index (χ0n) is 11.8. The topological polar surface area (TPSA) is 84.8 Å². The van der Waals surface area contributed by atoms with Crippen molar-refractivity contribution in [3.8, 4) is 11.8 Å². The van der Waals surface area contributed by atoms with Crippen LogP contribution in [-0.4, -0.2) is 14.7 Å². The van der Waals surface area contributed by atoms with Gasteiger partial charge in [-0.05, 0) is 18.2 Å². The van der Waals surface area contributed by atoms with Crippen LogP contribution in [0.1, 0.15) is 32.0 Å². The maximum absolute atomic E-state index is 11.3. The third kappa shape index (κ3) is 2.73. The SMILES string of the molecule is CC(C)(C)c1nn(-c2cccc(C#N)c2)c(Cl)c1[N+](=O)[O-]. The van der Waals surface area contributed by atoms with Crippen LogP contribution in [0.5, 0.6) is 0 Å². The second-order valence-corrected chi connectivity index (χ2v) is 5.93. The van der Waals surface area contributed by atoms with Crippen molar-refractivity contribution in [2.45, 2.75) is 26.2 Å². The molecule has 1 aromatic carbocycles. The lowest BCUT2D eigenvalue weighted by Crippen LogP contribution is -2.14. The van der Waals surface area contributed by atoms with Crippen LogP contribution in [-0.2, 0) is 5.41 Å². The van der Waals surface area contributed by atoms with Crippen LogP contribution in [0.4, 0.5) is 5.69 Å². The number of nitrogens with zero attached hydrogens (tertiary/aromatic N) is 4. The highest BCUT2D eigenvalue weighted by molar-refractivity contribution is 6.32. The molecule has 1 aromatic heterocycles.